The fourth-order valence-corrected chi connectivity index (χ4v) is 3.30. The second-order valence-electron chi connectivity index (χ2n) is 7.27. The quantitative estimate of drug-likeness (QED) is 0.712. The minimum absolute atomic E-state index is 0.0159. The van der Waals surface area contributed by atoms with Crippen molar-refractivity contribution in [1.82, 2.24) is 0 Å². The Balaban J connectivity index is 2.04. The molecule has 1 unspecified atom stereocenters. The van der Waals surface area contributed by atoms with Crippen LogP contribution in [0.3, 0.4) is 0 Å². The van der Waals surface area contributed by atoms with Crippen molar-refractivity contribution in [3.8, 4) is 0 Å². The first kappa shape index (κ1) is 13.5. The predicted molar refractivity (Wildman–Crippen MR) is 83.0 cm³/mol. The van der Waals surface area contributed by atoms with Crippen LogP contribution in [0.5, 0.6) is 0 Å². The van der Waals surface area contributed by atoms with Crippen molar-refractivity contribution in [3.05, 3.63) is 65.0 Å². The van der Waals surface area contributed by atoms with Gasteiger partial charge in [0.25, 0.3) is 0 Å². The molecule has 1 aromatic heterocycles. The normalized spacial score (nSPS) is 22.1. The molecule has 1 radical (unpaired) electrons. The van der Waals surface area contributed by atoms with Crippen LogP contribution in [-0.2, 0) is 17.3 Å². The van der Waals surface area contributed by atoms with E-state index in [4.69, 9.17) is 4.42 Å². The largest absolute Gasteiger partial charge is 0.466 e. The summed E-state index contributed by atoms with van der Waals surface area (Å²) in [6.07, 6.45) is 3.40. The Morgan fingerprint density at radius 1 is 1.10 bits per heavy atom. The van der Waals surface area contributed by atoms with Crippen molar-refractivity contribution in [2.45, 2.75) is 51.9 Å². The van der Waals surface area contributed by atoms with E-state index in [1.807, 2.05) is 6.92 Å². The third-order valence-corrected chi connectivity index (χ3v) is 4.34. The second kappa shape index (κ2) is 4.25. The maximum atomic E-state index is 5.90. The predicted octanol–water partition coefficient (Wildman–Crippen LogP) is 4.95. The number of aryl methyl sites for hydroxylation is 1. The average molecular weight is 267 g/mol. The van der Waals surface area contributed by atoms with E-state index in [0.29, 0.717) is 0 Å². The molecule has 0 N–H and O–H groups in total. The molecule has 1 atom stereocenters. The van der Waals surface area contributed by atoms with E-state index < -0.39 is 0 Å². The highest BCUT2D eigenvalue weighted by Gasteiger charge is 2.39. The minimum Gasteiger partial charge on any atom is -0.466 e. The summed E-state index contributed by atoms with van der Waals surface area (Å²) in [7, 11) is 0. The molecule has 1 heterocycles. The van der Waals surface area contributed by atoms with Gasteiger partial charge in [0.1, 0.15) is 11.5 Å². The molecule has 20 heavy (non-hydrogen) atoms. The van der Waals surface area contributed by atoms with E-state index in [-0.39, 0.29) is 10.8 Å². The fourth-order valence-electron chi connectivity index (χ4n) is 3.30. The van der Waals surface area contributed by atoms with Crippen molar-refractivity contribution >= 4 is 0 Å². The summed E-state index contributed by atoms with van der Waals surface area (Å²) >= 11 is 0. The van der Waals surface area contributed by atoms with E-state index in [1.165, 1.54) is 16.7 Å². The van der Waals surface area contributed by atoms with Crippen LogP contribution in [0.2, 0.25) is 0 Å². The summed E-state index contributed by atoms with van der Waals surface area (Å²) in [6.45, 7) is 11.1. The molecule has 0 aliphatic heterocycles. The number of furan rings is 1. The van der Waals surface area contributed by atoms with Crippen molar-refractivity contribution in [2.75, 3.05) is 0 Å². The molecule has 0 saturated carbocycles. The van der Waals surface area contributed by atoms with Gasteiger partial charge in [0, 0.05) is 11.8 Å². The molecule has 0 fully saturated rings. The van der Waals surface area contributed by atoms with Gasteiger partial charge in [-0.2, -0.15) is 0 Å². The van der Waals surface area contributed by atoms with Crippen LogP contribution in [0.15, 0.2) is 34.7 Å². The molecule has 2 aromatic rings. The Hall–Kier alpha value is -1.50. The first-order chi connectivity index (χ1) is 9.29. The lowest BCUT2D eigenvalue weighted by molar-refractivity contribution is 0.396. The molecule has 0 spiro atoms. The van der Waals surface area contributed by atoms with E-state index in [1.54, 1.807) is 0 Å². The summed E-state index contributed by atoms with van der Waals surface area (Å²) in [4.78, 5) is 0. The number of hydrogen-bond acceptors (Lipinski definition) is 1. The first-order valence-electron chi connectivity index (χ1n) is 7.35. The maximum absolute atomic E-state index is 5.90. The Kier molecular flexibility index (Phi) is 2.86. The Labute approximate surface area is 122 Å². The molecule has 0 bridgehead atoms. The molecule has 1 aliphatic carbocycles. The van der Waals surface area contributed by atoms with Crippen LogP contribution in [0.25, 0.3) is 0 Å². The maximum Gasteiger partial charge on any atom is 0.111 e. The van der Waals surface area contributed by atoms with Crippen molar-refractivity contribution in [1.29, 1.82) is 0 Å². The number of benzene rings is 1. The zero-order valence-corrected chi connectivity index (χ0v) is 13.1. The van der Waals surface area contributed by atoms with Crippen LogP contribution in [0, 0.1) is 13.3 Å². The van der Waals surface area contributed by atoms with Crippen LogP contribution in [0.4, 0.5) is 0 Å². The van der Waals surface area contributed by atoms with Crippen LogP contribution in [-0.4, -0.2) is 0 Å². The molecular weight excluding hydrogens is 244 g/mol. The highest BCUT2D eigenvalue weighted by Crippen LogP contribution is 2.44. The molecule has 0 saturated heterocycles. The molecule has 1 nitrogen and oxygen atoms in total. The van der Waals surface area contributed by atoms with Crippen molar-refractivity contribution in [2.24, 2.45) is 0 Å². The summed E-state index contributed by atoms with van der Waals surface area (Å²) in [5, 5.41) is 0. The Bertz CT molecular complexity index is 642. The van der Waals surface area contributed by atoms with E-state index in [0.717, 1.165) is 17.9 Å². The summed E-state index contributed by atoms with van der Waals surface area (Å²) in [6, 6.07) is 10.9. The van der Waals surface area contributed by atoms with Crippen LogP contribution >= 0.6 is 0 Å². The van der Waals surface area contributed by atoms with E-state index in [9.17, 15) is 0 Å². The van der Waals surface area contributed by atoms with Gasteiger partial charge in [-0.15, -0.1) is 0 Å². The Morgan fingerprint density at radius 2 is 1.85 bits per heavy atom. The van der Waals surface area contributed by atoms with Gasteiger partial charge in [-0.25, -0.2) is 0 Å². The van der Waals surface area contributed by atoms with Gasteiger partial charge in [-0.1, -0.05) is 45.9 Å². The standard InChI is InChI=1S/C19H23O/c1-13-9-10-17(20-13)19(5)11-14-7-6-8-16(15(14)12-19)18(2,3)4/h6-11H,12H2,1-5H3. The summed E-state index contributed by atoms with van der Waals surface area (Å²) in [5.74, 6) is 2.06. The molecule has 1 heteroatoms. The zero-order chi connectivity index (χ0) is 14.5. The van der Waals surface area contributed by atoms with Gasteiger partial charge in [-0.3, -0.25) is 0 Å². The second-order valence-corrected chi connectivity index (χ2v) is 7.27. The van der Waals surface area contributed by atoms with Gasteiger partial charge in [-0.05, 0) is 47.6 Å². The zero-order valence-electron chi connectivity index (χ0n) is 13.1. The van der Waals surface area contributed by atoms with E-state index >= 15 is 0 Å². The third-order valence-electron chi connectivity index (χ3n) is 4.34. The lowest BCUT2D eigenvalue weighted by atomic mass is 9.80. The van der Waals surface area contributed by atoms with Crippen LogP contribution < -0.4 is 0 Å². The summed E-state index contributed by atoms with van der Waals surface area (Å²) in [5.41, 5.74) is 4.48. The molecule has 1 aliphatic rings. The molecular formula is C19H23O. The van der Waals surface area contributed by atoms with E-state index in [2.05, 4.69) is 64.4 Å². The topological polar surface area (TPSA) is 13.1 Å². The van der Waals surface area contributed by atoms with Gasteiger partial charge >= 0.3 is 0 Å². The summed E-state index contributed by atoms with van der Waals surface area (Å²) < 4.78 is 5.90. The lowest BCUT2D eigenvalue weighted by Gasteiger charge is -2.24. The number of rotatable bonds is 1. The van der Waals surface area contributed by atoms with Crippen molar-refractivity contribution < 1.29 is 4.42 Å². The molecule has 0 amide bonds. The first-order valence-corrected chi connectivity index (χ1v) is 7.35. The molecule has 3 rings (SSSR count). The average Bonchev–Trinajstić information content (AvgIpc) is 2.90. The monoisotopic (exact) mass is 267 g/mol. The SMILES string of the molecule is Cc1ccc(C2(C)[CH]c3cccc(C(C)(C)C)c3C2)o1. The van der Waals surface area contributed by atoms with Gasteiger partial charge < -0.3 is 4.42 Å². The lowest BCUT2D eigenvalue weighted by Crippen LogP contribution is -2.21. The van der Waals surface area contributed by atoms with Crippen LogP contribution in [0.1, 0.15) is 55.9 Å². The molecule has 105 valence electrons. The smallest absolute Gasteiger partial charge is 0.111 e. The number of hydrogen-bond donors (Lipinski definition) is 0. The third kappa shape index (κ3) is 2.09. The van der Waals surface area contributed by atoms with Gasteiger partial charge in [0.05, 0.1) is 0 Å². The van der Waals surface area contributed by atoms with Gasteiger partial charge in [0.15, 0.2) is 0 Å². The van der Waals surface area contributed by atoms with Crippen molar-refractivity contribution in [3.63, 3.8) is 0 Å². The molecule has 1 aromatic carbocycles. The number of fused-ring (bicyclic) bond motifs is 1. The highest BCUT2D eigenvalue weighted by atomic mass is 16.3. The minimum atomic E-state index is -0.0159. The highest BCUT2D eigenvalue weighted by molar-refractivity contribution is 5.52. The van der Waals surface area contributed by atoms with Gasteiger partial charge in [0.2, 0.25) is 0 Å². The fraction of sp³-hybridized carbons (Fsp3) is 0.421. The Morgan fingerprint density at radius 3 is 2.45 bits per heavy atom.